The number of benzene rings is 6. The molecule has 40 heavy (non-hydrogen) atoms. The maximum absolute atomic E-state index is 2.42. The zero-order valence-electron chi connectivity index (χ0n) is 22.9. The maximum Gasteiger partial charge on any atom is 0.0352 e. The van der Waals surface area contributed by atoms with Gasteiger partial charge in [0.2, 0.25) is 0 Å². The zero-order chi connectivity index (χ0) is 26.8. The minimum Gasteiger partial charge on any atom is -0.0622 e. The Morgan fingerprint density at radius 3 is 1.70 bits per heavy atom. The lowest BCUT2D eigenvalue weighted by molar-refractivity contribution is 0.661. The zero-order valence-corrected chi connectivity index (χ0v) is 22.9. The van der Waals surface area contributed by atoms with E-state index in [2.05, 4.69) is 153 Å². The molecule has 0 spiro atoms. The fourth-order valence-electron chi connectivity index (χ4n) is 7.34. The first-order valence-electron chi connectivity index (χ1n) is 14.2. The van der Waals surface area contributed by atoms with Crippen LogP contribution in [-0.2, 0) is 5.41 Å². The summed E-state index contributed by atoms with van der Waals surface area (Å²) < 4.78 is 0. The Morgan fingerprint density at radius 1 is 0.450 bits per heavy atom. The van der Waals surface area contributed by atoms with Crippen molar-refractivity contribution in [2.75, 3.05) is 0 Å². The van der Waals surface area contributed by atoms with E-state index >= 15 is 0 Å². The molecule has 0 amide bonds. The lowest BCUT2D eigenvalue weighted by Gasteiger charge is -2.25. The highest BCUT2D eigenvalue weighted by atomic mass is 14.4. The Kier molecular flexibility index (Phi) is 5.03. The molecule has 1 unspecified atom stereocenters. The van der Waals surface area contributed by atoms with Crippen LogP contribution in [0.4, 0.5) is 0 Å². The molecule has 6 aromatic rings. The molecule has 0 saturated heterocycles. The average Bonchev–Trinajstić information content (AvgIpc) is 3.47. The summed E-state index contributed by atoms with van der Waals surface area (Å²) in [6, 6.07) is 51.6. The van der Waals surface area contributed by atoms with Crippen molar-refractivity contribution in [3.05, 3.63) is 167 Å². The van der Waals surface area contributed by atoms with Crippen molar-refractivity contribution < 1.29 is 0 Å². The normalized spacial score (nSPS) is 15.7. The first kappa shape index (κ1) is 23.2. The summed E-state index contributed by atoms with van der Waals surface area (Å²) in [5, 5.41) is 0. The molecule has 0 heteroatoms. The molecule has 8 rings (SSSR count). The third-order valence-corrected chi connectivity index (χ3v) is 9.11. The first-order valence-corrected chi connectivity index (χ1v) is 14.2. The summed E-state index contributed by atoms with van der Waals surface area (Å²) in [6.45, 7) is 4.80. The van der Waals surface area contributed by atoms with Gasteiger partial charge in [0, 0.05) is 11.3 Å². The summed E-state index contributed by atoms with van der Waals surface area (Å²) in [5.74, 6) is 0.183. The van der Waals surface area contributed by atoms with E-state index in [0.717, 1.165) is 0 Å². The van der Waals surface area contributed by atoms with Crippen molar-refractivity contribution in [1.82, 2.24) is 0 Å². The summed E-state index contributed by atoms with van der Waals surface area (Å²) in [4.78, 5) is 0. The number of fused-ring (bicyclic) bond motifs is 7. The molecular weight excluding hydrogens is 480 g/mol. The second-order valence-corrected chi connectivity index (χ2v) is 11.7. The van der Waals surface area contributed by atoms with Gasteiger partial charge in [0.25, 0.3) is 0 Å². The van der Waals surface area contributed by atoms with Crippen LogP contribution in [0.15, 0.2) is 140 Å². The van der Waals surface area contributed by atoms with Gasteiger partial charge in [-0.2, -0.15) is 0 Å². The summed E-state index contributed by atoms with van der Waals surface area (Å²) >= 11 is 0. The lowest BCUT2D eigenvalue weighted by Crippen LogP contribution is -2.16. The molecule has 1 atom stereocenters. The molecular formula is C40H30. The van der Waals surface area contributed by atoms with Crippen molar-refractivity contribution in [3.8, 4) is 44.5 Å². The van der Waals surface area contributed by atoms with Crippen LogP contribution < -0.4 is 0 Å². The Labute approximate surface area is 236 Å². The monoisotopic (exact) mass is 510 g/mol. The maximum atomic E-state index is 2.42. The van der Waals surface area contributed by atoms with E-state index in [1.54, 1.807) is 0 Å². The van der Waals surface area contributed by atoms with E-state index < -0.39 is 0 Å². The van der Waals surface area contributed by atoms with Gasteiger partial charge in [-0.1, -0.05) is 147 Å². The van der Waals surface area contributed by atoms with Crippen molar-refractivity contribution in [3.63, 3.8) is 0 Å². The second kappa shape index (κ2) is 8.66. The van der Waals surface area contributed by atoms with Gasteiger partial charge in [-0.3, -0.25) is 0 Å². The SMILES string of the molecule is CC1(C)c2ccccc2-c2ccc3c(c21)-c1ccccc1C3c1cc(-c2ccccc2)cc(-c2ccccc2)c1. The predicted molar refractivity (Wildman–Crippen MR) is 168 cm³/mol. The Bertz CT molecular complexity index is 1850. The molecule has 0 aliphatic heterocycles. The van der Waals surface area contributed by atoms with Crippen LogP contribution in [0.25, 0.3) is 44.5 Å². The van der Waals surface area contributed by atoms with E-state index in [1.807, 2.05) is 0 Å². The third-order valence-electron chi connectivity index (χ3n) is 9.11. The van der Waals surface area contributed by atoms with Gasteiger partial charge in [0.05, 0.1) is 0 Å². The van der Waals surface area contributed by atoms with Crippen LogP contribution in [0.5, 0.6) is 0 Å². The Hall–Kier alpha value is -4.68. The number of hydrogen-bond acceptors (Lipinski definition) is 0. The Morgan fingerprint density at radius 2 is 1.02 bits per heavy atom. The molecule has 0 heterocycles. The summed E-state index contributed by atoms with van der Waals surface area (Å²) in [7, 11) is 0. The minimum absolute atomic E-state index is 0.0552. The predicted octanol–water partition coefficient (Wildman–Crippen LogP) is 10.5. The van der Waals surface area contributed by atoms with Gasteiger partial charge in [0.15, 0.2) is 0 Å². The highest BCUT2D eigenvalue weighted by molar-refractivity contribution is 5.94. The van der Waals surface area contributed by atoms with Gasteiger partial charge < -0.3 is 0 Å². The van der Waals surface area contributed by atoms with Crippen LogP contribution in [0.2, 0.25) is 0 Å². The quantitative estimate of drug-likeness (QED) is 0.222. The van der Waals surface area contributed by atoms with Crippen LogP contribution in [0, 0.1) is 0 Å². The standard InChI is InChI=1S/C40H30/c1-40(2)36-20-12-11-17-31(36)34-21-22-35-37(32-18-9-10-19-33(32)38(35)39(34)40)30-24-28(26-13-5-3-6-14-26)23-29(25-30)27-15-7-4-8-16-27/h3-25,37H,1-2H3. The van der Waals surface area contributed by atoms with E-state index in [1.165, 1.54) is 72.3 Å². The van der Waals surface area contributed by atoms with Gasteiger partial charge in [-0.05, 0) is 78.4 Å². The molecule has 2 aliphatic rings. The summed E-state index contributed by atoms with van der Waals surface area (Å²) in [6.07, 6.45) is 0. The molecule has 0 N–H and O–H groups in total. The van der Waals surface area contributed by atoms with Crippen LogP contribution >= 0.6 is 0 Å². The van der Waals surface area contributed by atoms with Crippen molar-refractivity contribution in [1.29, 1.82) is 0 Å². The van der Waals surface area contributed by atoms with Crippen LogP contribution in [0.3, 0.4) is 0 Å². The fraction of sp³-hybridized carbons (Fsp3) is 0.100. The molecule has 0 bridgehead atoms. The average molecular weight is 511 g/mol. The molecule has 6 aromatic carbocycles. The summed E-state index contributed by atoms with van der Waals surface area (Å²) in [5.41, 5.74) is 17.6. The third kappa shape index (κ3) is 3.32. The molecule has 0 radical (unpaired) electrons. The van der Waals surface area contributed by atoms with Crippen molar-refractivity contribution in [2.24, 2.45) is 0 Å². The Balaban J connectivity index is 1.40. The topological polar surface area (TPSA) is 0 Å². The van der Waals surface area contributed by atoms with Gasteiger partial charge in [-0.15, -0.1) is 0 Å². The fourth-order valence-corrected chi connectivity index (χ4v) is 7.34. The largest absolute Gasteiger partial charge is 0.0622 e. The molecule has 0 saturated carbocycles. The van der Waals surface area contributed by atoms with Crippen LogP contribution in [-0.4, -0.2) is 0 Å². The van der Waals surface area contributed by atoms with Crippen molar-refractivity contribution in [2.45, 2.75) is 25.2 Å². The molecule has 0 aromatic heterocycles. The highest BCUT2D eigenvalue weighted by Crippen LogP contribution is 2.58. The molecule has 0 nitrogen and oxygen atoms in total. The van der Waals surface area contributed by atoms with Gasteiger partial charge in [-0.25, -0.2) is 0 Å². The van der Waals surface area contributed by atoms with Crippen LogP contribution in [0.1, 0.15) is 47.6 Å². The van der Waals surface area contributed by atoms with E-state index in [9.17, 15) is 0 Å². The van der Waals surface area contributed by atoms with Crippen molar-refractivity contribution >= 4 is 0 Å². The van der Waals surface area contributed by atoms with E-state index in [0.29, 0.717) is 0 Å². The van der Waals surface area contributed by atoms with Gasteiger partial charge in [0.1, 0.15) is 0 Å². The molecule has 190 valence electrons. The highest BCUT2D eigenvalue weighted by Gasteiger charge is 2.42. The first-order chi connectivity index (χ1) is 19.6. The van der Waals surface area contributed by atoms with E-state index in [4.69, 9.17) is 0 Å². The smallest absolute Gasteiger partial charge is 0.0352 e. The lowest BCUT2D eigenvalue weighted by atomic mass is 9.78. The van der Waals surface area contributed by atoms with Gasteiger partial charge >= 0.3 is 0 Å². The number of rotatable bonds is 3. The van der Waals surface area contributed by atoms with E-state index in [-0.39, 0.29) is 11.3 Å². The molecule has 2 aliphatic carbocycles. The second-order valence-electron chi connectivity index (χ2n) is 11.7. The number of hydrogen-bond donors (Lipinski definition) is 0. The minimum atomic E-state index is -0.0552. The molecule has 0 fully saturated rings.